The molecular formula is C10H22NP. The van der Waals surface area contributed by atoms with E-state index in [1.807, 2.05) is 0 Å². The van der Waals surface area contributed by atoms with Gasteiger partial charge in [0.15, 0.2) is 0 Å². The Hall–Kier alpha value is 0.390. The van der Waals surface area contributed by atoms with Gasteiger partial charge in [-0.2, -0.15) is 0 Å². The first-order valence-electron chi connectivity index (χ1n) is 4.81. The summed E-state index contributed by atoms with van der Waals surface area (Å²) >= 11 is 0. The molecule has 0 amide bonds. The highest BCUT2D eigenvalue weighted by molar-refractivity contribution is 7.41. The fourth-order valence-corrected chi connectivity index (χ4v) is 5.06. The molecule has 1 heterocycles. The lowest BCUT2D eigenvalue weighted by molar-refractivity contribution is 0.377. The van der Waals surface area contributed by atoms with Crippen LogP contribution >= 0.6 is 8.58 Å². The van der Waals surface area contributed by atoms with Crippen LogP contribution in [0.5, 0.6) is 0 Å². The maximum Gasteiger partial charge on any atom is 0.00808 e. The van der Waals surface area contributed by atoms with Crippen molar-refractivity contribution in [2.75, 3.05) is 7.05 Å². The molecule has 0 radical (unpaired) electrons. The zero-order chi connectivity index (χ0) is 9.41. The SMILES string of the molecule is CNC1CC(C)(C)PC(C)(C)C1. The third-order valence-corrected chi connectivity index (χ3v) is 4.36. The second-order valence-corrected chi connectivity index (χ2v) is 8.24. The van der Waals surface area contributed by atoms with E-state index >= 15 is 0 Å². The Kier molecular flexibility index (Phi) is 2.85. The van der Waals surface area contributed by atoms with Gasteiger partial charge < -0.3 is 5.32 Å². The molecule has 0 aliphatic carbocycles. The summed E-state index contributed by atoms with van der Waals surface area (Å²) in [4.78, 5) is 0. The number of hydrogen-bond donors (Lipinski definition) is 1. The third-order valence-electron chi connectivity index (χ3n) is 2.60. The van der Waals surface area contributed by atoms with E-state index in [0.29, 0.717) is 10.3 Å². The lowest BCUT2D eigenvalue weighted by Crippen LogP contribution is -2.43. The van der Waals surface area contributed by atoms with E-state index in [1.54, 1.807) is 0 Å². The molecule has 0 atom stereocenters. The maximum atomic E-state index is 3.42. The van der Waals surface area contributed by atoms with Gasteiger partial charge in [0.25, 0.3) is 0 Å². The Morgan fingerprint density at radius 2 is 1.50 bits per heavy atom. The van der Waals surface area contributed by atoms with Gasteiger partial charge in [-0.1, -0.05) is 27.7 Å². The Bertz CT molecular complexity index is 147. The van der Waals surface area contributed by atoms with E-state index in [2.05, 4.69) is 40.1 Å². The van der Waals surface area contributed by atoms with Gasteiger partial charge >= 0.3 is 0 Å². The topological polar surface area (TPSA) is 12.0 Å². The predicted molar refractivity (Wildman–Crippen MR) is 58.6 cm³/mol. The van der Waals surface area contributed by atoms with Gasteiger partial charge in [-0.15, -0.1) is 8.58 Å². The van der Waals surface area contributed by atoms with Crippen LogP contribution in [0.2, 0.25) is 0 Å². The van der Waals surface area contributed by atoms with Gasteiger partial charge in [0, 0.05) is 6.04 Å². The zero-order valence-corrected chi connectivity index (χ0v) is 9.99. The molecule has 0 aromatic rings. The minimum atomic E-state index is 0.551. The second kappa shape index (κ2) is 3.27. The van der Waals surface area contributed by atoms with Crippen molar-refractivity contribution in [1.29, 1.82) is 0 Å². The Morgan fingerprint density at radius 3 is 1.83 bits per heavy atom. The first-order valence-corrected chi connectivity index (χ1v) is 5.81. The fourth-order valence-electron chi connectivity index (χ4n) is 2.53. The zero-order valence-electron chi connectivity index (χ0n) is 8.99. The number of hydrogen-bond acceptors (Lipinski definition) is 1. The smallest absolute Gasteiger partial charge is 0.00808 e. The van der Waals surface area contributed by atoms with Gasteiger partial charge in [-0.25, -0.2) is 0 Å². The van der Waals surface area contributed by atoms with Crippen molar-refractivity contribution in [3.63, 3.8) is 0 Å². The largest absolute Gasteiger partial charge is 0.317 e. The molecule has 0 spiro atoms. The average molecular weight is 187 g/mol. The van der Waals surface area contributed by atoms with Crippen LogP contribution < -0.4 is 5.32 Å². The van der Waals surface area contributed by atoms with Crippen LogP contribution in [0, 0.1) is 0 Å². The van der Waals surface area contributed by atoms with Gasteiger partial charge in [-0.3, -0.25) is 0 Å². The van der Waals surface area contributed by atoms with Crippen molar-refractivity contribution in [3.05, 3.63) is 0 Å². The van der Waals surface area contributed by atoms with E-state index in [1.165, 1.54) is 12.8 Å². The highest BCUT2D eigenvalue weighted by atomic mass is 31.1. The standard InChI is InChI=1S/C10H22NP/c1-9(2)6-8(11-5)7-10(3,4)12-9/h8,11-12H,6-7H2,1-5H3. The minimum absolute atomic E-state index is 0.551. The molecule has 1 aliphatic heterocycles. The van der Waals surface area contributed by atoms with Gasteiger partial charge in [-0.05, 0) is 30.2 Å². The molecule has 0 bridgehead atoms. The molecule has 1 rings (SSSR count). The lowest BCUT2D eigenvalue weighted by Gasteiger charge is -2.45. The molecule has 0 aromatic heterocycles. The molecule has 0 aromatic carbocycles. The highest BCUT2D eigenvalue weighted by Gasteiger charge is 2.37. The molecular weight excluding hydrogens is 165 g/mol. The molecule has 0 saturated carbocycles. The molecule has 2 heteroatoms. The van der Waals surface area contributed by atoms with Crippen molar-refractivity contribution in [3.8, 4) is 0 Å². The molecule has 12 heavy (non-hydrogen) atoms. The van der Waals surface area contributed by atoms with Crippen LogP contribution in [0.4, 0.5) is 0 Å². The van der Waals surface area contributed by atoms with E-state index < -0.39 is 0 Å². The van der Waals surface area contributed by atoms with E-state index in [4.69, 9.17) is 0 Å². The van der Waals surface area contributed by atoms with E-state index in [-0.39, 0.29) is 0 Å². The Balaban J connectivity index is 2.66. The van der Waals surface area contributed by atoms with Crippen molar-refractivity contribution in [2.45, 2.75) is 56.9 Å². The highest BCUT2D eigenvalue weighted by Crippen LogP contribution is 2.52. The summed E-state index contributed by atoms with van der Waals surface area (Å²) in [5.74, 6) is 0. The summed E-state index contributed by atoms with van der Waals surface area (Å²) in [6.45, 7) is 9.60. The first-order chi connectivity index (χ1) is 5.35. The monoisotopic (exact) mass is 187 g/mol. The van der Waals surface area contributed by atoms with Crippen LogP contribution in [0.15, 0.2) is 0 Å². The van der Waals surface area contributed by atoms with Gasteiger partial charge in [0.05, 0.1) is 0 Å². The molecule has 1 aliphatic rings. The van der Waals surface area contributed by atoms with E-state index in [9.17, 15) is 0 Å². The normalized spacial score (nSPS) is 35.2. The quantitative estimate of drug-likeness (QED) is 0.622. The van der Waals surface area contributed by atoms with Gasteiger partial charge in [0.1, 0.15) is 0 Å². The Morgan fingerprint density at radius 1 is 1.08 bits per heavy atom. The molecule has 72 valence electrons. The maximum absolute atomic E-state index is 3.42. The second-order valence-electron chi connectivity index (χ2n) is 5.29. The molecule has 1 saturated heterocycles. The molecule has 0 unspecified atom stereocenters. The van der Waals surface area contributed by atoms with Crippen molar-refractivity contribution >= 4 is 8.58 Å². The predicted octanol–water partition coefficient (Wildman–Crippen LogP) is 2.60. The summed E-state index contributed by atoms with van der Waals surface area (Å²) < 4.78 is 0. The summed E-state index contributed by atoms with van der Waals surface area (Å²) in [6, 6.07) is 0.733. The molecule has 1 fully saturated rings. The lowest BCUT2D eigenvalue weighted by atomic mass is 9.93. The average Bonchev–Trinajstić information content (AvgIpc) is 1.80. The summed E-state index contributed by atoms with van der Waals surface area (Å²) in [6.07, 6.45) is 2.68. The van der Waals surface area contributed by atoms with Crippen molar-refractivity contribution in [1.82, 2.24) is 5.32 Å². The summed E-state index contributed by atoms with van der Waals surface area (Å²) in [5.41, 5.74) is 0. The van der Waals surface area contributed by atoms with Crippen molar-refractivity contribution < 1.29 is 0 Å². The summed E-state index contributed by atoms with van der Waals surface area (Å²) in [5, 5.41) is 4.52. The third kappa shape index (κ3) is 2.71. The van der Waals surface area contributed by atoms with Crippen LogP contribution in [0.1, 0.15) is 40.5 Å². The van der Waals surface area contributed by atoms with Crippen LogP contribution in [-0.2, 0) is 0 Å². The Labute approximate surface area is 78.5 Å². The fraction of sp³-hybridized carbons (Fsp3) is 1.00. The van der Waals surface area contributed by atoms with E-state index in [0.717, 1.165) is 14.6 Å². The van der Waals surface area contributed by atoms with Crippen LogP contribution in [0.3, 0.4) is 0 Å². The van der Waals surface area contributed by atoms with Crippen LogP contribution in [-0.4, -0.2) is 23.4 Å². The molecule has 1 N–H and O–H groups in total. The van der Waals surface area contributed by atoms with Gasteiger partial charge in [0.2, 0.25) is 0 Å². The van der Waals surface area contributed by atoms with Crippen molar-refractivity contribution in [2.24, 2.45) is 0 Å². The summed E-state index contributed by atoms with van der Waals surface area (Å²) in [7, 11) is 3.19. The number of nitrogens with one attached hydrogen (secondary N) is 1. The molecule has 1 nitrogen and oxygen atoms in total. The van der Waals surface area contributed by atoms with Crippen LogP contribution in [0.25, 0.3) is 0 Å². The first kappa shape index (κ1) is 10.5. The minimum Gasteiger partial charge on any atom is -0.317 e. The number of rotatable bonds is 1.